The molecule has 9 heteroatoms. The van der Waals surface area contributed by atoms with Crippen molar-refractivity contribution in [2.24, 2.45) is 7.05 Å². The molecule has 4 rings (SSSR count). The predicted molar refractivity (Wildman–Crippen MR) is 95.3 cm³/mol. The van der Waals surface area contributed by atoms with Gasteiger partial charge in [-0.2, -0.15) is 4.98 Å². The van der Waals surface area contributed by atoms with Gasteiger partial charge in [-0.15, -0.1) is 0 Å². The maximum atomic E-state index is 12.9. The number of aliphatic hydroxyl groups excluding tert-OH is 1. The average molecular weight is 359 g/mol. The lowest BCUT2D eigenvalue weighted by Crippen LogP contribution is -2.40. The van der Waals surface area contributed by atoms with Crippen LogP contribution in [0.1, 0.15) is 18.6 Å². The van der Waals surface area contributed by atoms with Crippen molar-refractivity contribution >= 4 is 17.1 Å². The molecule has 0 radical (unpaired) electrons. The molecule has 138 valence electrons. The predicted octanol–water partition coefficient (Wildman–Crippen LogP) is 0.282. The van der Waals surface area contributed by atoms with E-state index in [1.807, 2.05) is 16.7 Å². The van der Waals surface area contributed by atoms with Crippen LogP contribution in [0.5, 0.6) is 0 Å². The van der Waals surface area contributed by atoms with Crippen LogP contribution >= 0.6 is 0 Å². The molecular weight excluding hydrogens is 338 g/mol. The van der Waals surface area contributed by atoms with Crippen LogP contribution in [0.2, 0.25) is 0 Å². The number of aromatic nitrogens is 4. The van der Waals surface area contributed by atoms with Crippen LogP contribution in [0.15, 0.2) is 32.4 Å². The molecule has 0 unspecified atom stereocenters. The highest BCUT2D eigenvalue weighted by atomic mass is 16.3. The molecule has 1 N–H and O–H groups in total. The third-order valence-corrected chi connectivity index (χ3v) is 4.77. The van der Waals surface area contributed by atoms with Gasteiger partial charge >= 0.3 is 5.69 Å². The zero-order chi connectivity index (χ0) is 18.3. The van der Waals surface area contributed by atoms with E-state index in [9.17, 15) is 9.59 Å². The monoisotopic (exact) mass is 359 g/mol. The summed E-state index contributed by atoms with van der Waals surface area (Å²) >= 11 is 0. The number of hydrogen-bond acceptors (Lipinski definition) is 6. The summed E-state index contributed by atoms with van der Waals surface area (Å²) in [4.78, 5) is 32.1. The fourth-order valence-corrected chi connectivity index (χ4v) is 3.50. The average Bonchev–Trinajstić information content (AvgIpc) is 3.28. The minimum Gasteiger partial charge on any atom is -0.467 e. The van der Waals surface area contributed by atoms with Crippen LogP contribution in [-0.4, -0.2) is 36.9 Å². The molecule has 0 spiro atoms. The van der Waals surface area contributed by atoms with Crippen molar-refractivity contribution < 1.29 is 9.52 Å². The number of aliphatic hydroxyl groups is 1. The standard InChI is InChI=1S/C17H21N5O4/c1-19-14-13(15(24)22(17(19)25)8-4-9-23)21-7-3-6-20(16(21)18-14)11-12-5-2-10-26-12/h2,5,10,23H,3-4,6-9,11H2,1H3. The van der Waals surface area contributed by atoms with E-state index in [1.165, 1.54) is 9.13 Å². The number of anilines is 1. The van der Waals surface area contributed by atoms with Gasteiger partial charge < -0.3 is 19.0 Å². The molecular formula is C17H21N5O4. The number of aryl methyl sites for hydroxylation is 2. The van der Waals surface area contributed by atoms with Gasteiger partial charge in [0.25, 0.3) is 5.56 Å². The van der Waals surface area contributed by atoms with Crippen molar-refractivity contribution in [2.45, 2.75) is 32.5 Å². The van der Waals surface area contributed by atoms with Gasteiger partial charge in [0.1, 0.15) is 5.76 Å². The van der Waals surface area contributed by atoms with E-state index in [1.54, 1.807) is 13.3 Å². The first-order valence-corrected chi connectivity index (χ1v) is 8.70. The largest absolute Gasteiger partial charge is 0.467 e. The van der Waals surface area contributed by atoms with Crippen LogP contribution in [0.25, 0.3) is 11.2 Å². The number of furan rings is 1. The van der Waals surface area contributed by atoms with Crippen molar-refractivity contribution in [3.63, 3.8) is 0 Å². The number of imidazole rings is 1. The van der Waals surface area contributed by atoms with Crippen molar-refractivity contribution in [3.8, 4) is 0 Å². The van der Waals surface area contributed by atoms with E-state index >= 15 is 0 Å². The molecule has 0 saturated carbocycles. The van der Waals surface area contributed by atoms with E-state index in [0.29, 0.717) is 36.6 Å². The van der Waals surface area contributed by atoms with Crippen molar-refractivity contribution in [1.82, 2.24) is 18.7 Å². The molecule has 26 heavy (non-hydrogen) atoms. The Morgan fingerprint density at radius 3 is 2.88 bits per heavy atom. The lowest BCUT2D eigenvalue weighted by molar-refractivity contribution is 0.277. The van der Waals surface area contributed by atoms with E-state index in [-0.39, 0.29) is 18.7 Å². The second-order valence-corrected chi connectivity index (χ2v) is 6.47. The molecule has 1 aliphatic rings. The molecule has 0 fully saturated rings. The lowest BCUT2D eigenvalue weighted by atomic mass is 10.3. The molecule has 0 aliphatic carbocycles. The molecule has 0 atom stereocenters. The molecule has 0 aromatic carbocycles. The van der Waals surface area contributed by atoms with Gasteiger partial charge in [0.2, 0.25) is 5.95 Å². The van der Waals surface area contributed by atoms with E-state index < -0.39 is 5.69 Å². The zero-order valence-corrected chi connectivity index (χ0v) is 14.6. The molecule has 0 bridgehead atoms. The van der Waals surface area contributed by atoms with Crippen molar-refractivity contribution in [3.05, 3.63) is 45.0 Å². The van der Waals surface area contributed by atoms with Gasteiger partial charge in [-0.1, -0.05) is 0 Å². The first-order chi connectivity index (χ1) is 12.6. The van der Waals surface area contributed by atoms with Crippen LogP contribution in [0.3, 0.4) is 0 Å². The normalized spacial score (nSPS) is 14.2. The zero-order valence-electron chi connectivity index (χ0n) is 14.6. The van der Waals surface area contributed by atoms with Gasteiger partial charge in [0, 0.05) is 33.3 Å². The highest BCUT2D eigenvalue weighted by molar-refractivity contribution is 5.74. The van der Waals surface area contributed by atoms with Crippen molar-refractivity contribution in [2.75, 3.05) is 18.1 Å². The van der Waals surface area contributed by atoms with Crippen LogP contribution in [0.4, 0.5) is 5.95 Å². The second kappa shape index (κ2) is 6.49. The Balaban J connectivity index is 1.87. The molecule has 0 amide bonds. The topological polar surface area (TPSA) is 98.4 Å². The quantitative estimate of drug-likeness (QED) is 0.703. The SMILES string of the molecule is Cn1c(=O)n(CCCO)c(=O)c2c1nc1n2CCCN1Cc1ccco1. The Morgan fingerprint density at radius 2 is 2.15 bits per heavy atom. The fourth-order valence-electron chi connectivity index (χ4n) is 3.50. The number of fused-ring (bicyclic) bond motifs is 3. The summed E-state index contributed by atoms with van der Waals surface area (Å²) in [6.07, 6.45) is 2.86. The molecule has 0 saturated heterocycles. The summed E-state index contributed by atoms with van der Waals surface area (Å²) < 4.78 is 9.91. The maximum absolute atomic E-state index is 12.9. The molecule has 3 aromatic rings. The highest BCUT2D eigenvalue weighted by Gasteiger charge is 2.26. The summed E-state index contributed by atoms with van der Waals surface area (Å²) in [6, 6.07) is 3.74. The first-order valence-electron chi connectivity index (χ1n) is 8.70. The number of nitrogens with zero attached hydrogens (tertiary/aromatic N) is 5. The van der Waals surface area contributed by atoms with E-state index in [4.69, 9.17) is 9.52 Å². The summed E-state index contributed by atoms with van der Waals surface area (Å²) in [5, 5.41) is 9.04. The molecule has 3 aromatic heterocycles. The Kier molecular flexibility index (Phi) is 4.15. The Hall–Kier alpha value is -2.81. The summed E-state index contributed by atoms with van der Waals surface area (Å²) in [6.45, 7) is 2.15. The van der Waals surface area contributed by atoms with Gasteiger partial charge in [-0.05, 0) is 25.0 Å². The Labute approximate surface area is 148 Å². The number of rotatable bonds is 5. The number of hydrogen-bond donors (Lipinski definition) is 1. The lowest BCUT2D eigenvalue weighted by Gasteiger charge is -2.28. The van der Waals surface area contributed by atoms with Gasteiger partial charge in [0.15, 0.2) is 11.2 Å². The maximum Gasteiger partial charge on any atom is 0.332 e. The van der Waals surface area contributed by atoms with Gasteiger partial charge in [-0.3, -0.25) is 13.9 Å². The van der Waals surface area contributed by atoms with Crippen molar-refractivity contribution in [1.29, 1.82) is 0 Å². The molecule has 4 heterocycles. The van der Waals surface area contributed by atoms with E-state index in [2.05, 4.69) is 9.88 Å². The summed E-state index contributed by atoms with van der Waals surface area (Å²) in [7, 11) is 1.62. The second-order valence-electron chi connectivity index (χ2n) is 6.47. The third kappa shape index (κ3) is 2.55. The van der Waals surface area contributed by atoms with Gasteiger partial charge in [0.05, 0.1) is 12.8 Å². The molecule has 1 aliphatic heterocycles. The summed E-state index contributed by atoms with van der Waals surface area (Å²) in [5.41, 5.74) is 0.0601. The van der Waals surface area contributed by atoms with E-state index in [0.717, 1.165) is 18.7 Å². The highest BCUT2D eigenvalue weighted by Crippen LogP contribution is 2.25. The van der Waals surface area contributed by atoms with Gasteiger partial charge in [-0.25, -0.2) is 4.79 Å². The van der Waals surface area contributed by atoms with Crippen LogP contribution < -0.4 is 16.1 Å². The van der Waals surface area contributed by atoms with Crippen LogP contribution in [-0.2, 0) is 26.7 Å². The molecule has 9 nitrogen and oxygen atoms in total. The first kappa shape index (κ1) is 16.6. The minimum absolute atomic E-state index is 0.0743. The Morgan fingerprint density at radius 1 is 1.31 bits per heavy atom. The minimum atomic E-state index is -0.413. The summed E-state index contributed by atoms with van der Waals surface area (Å²) in [5.74, 6) is 1.49. The fraction of sp³-hybridized carbons (Fsp3) is 0.471. The van der Waals surface area contributed by atoms with Crippen LogP contribution in [0, 0.1) is 0 Å². The third-order valence-electron chi connectivity index (χ3n) is 4.77. The Bertz CT molecular complexity index is 1040. The smallest absolute Gasteiger partial charge is 0.332 e.